The number of anilines is 1. The SMILES string of the molecule is CCC(CCN)NC(=O)Nc1ccccc1F. The van der Waals surface area contributed by atoms with Gasteiger partial charge in [-0.1, -0.05) is 19.1 Å². The first-order valence-electron chi connectivity index (χ1n) is 5.69. The van der Waals surface area contributed by atoms with E-state index in [2.05, 4.69) is 10.6 Å². The Labute approximate surface area is 100 Å². The Kier molecular flexibility index (Phi) is 5.42. The van der Waals surface area contributed by atoms with Crippen molar-refractivity contribution >= 4 is 11.7 Å². The molecule has 4 N–H and O–H groups in total. The topological polar surface area (TPSA) is 67.1 Å². The van der Waals surface area contributed by atoms with Gasteiger partial charge in [0.2, 0.25) is 0 Å². The summed E-state index contributed by atoms with van der Waals surface area (Å²) in [6.45, 7) is 2.47. The van der Waals surface area contributed by atoms with E-state index >= 15 is 0 Å². The lowest BCUT2D eigenvalue weighted by Gasteiger charge is -2.16. The molecule has 0 spiro atoms. The van der Waals surface area contributed by atoms with Crippen molar-refractivity contribution < 1.29 is 9.18 Å². The van der Waals surface area contributed by atoms with Crippen LogP contribution in [0, 0.1) is 5.82 Å². The van der Waals surface area contributed by atoms with Gasteiger partial charge in [0, 0.05) is 6.04 Å². The quantitative estimate of drug-likeness (QED) is 0.736. The zero-order valence-electron chi connectivity index (χ0n) is 9.87. The molecule has 1 rings (SSSR count). The predicted octanol–water partition coefficient (Wildman–Crippen LogP) is 2.07. The first-order valence-corrected chi connectivity index (χ1v) is 5.69. The van der Waals surface area contributed by atoms with Crippen LogP contribution >= 0.6 is 0 Å². The van der Waals surface area contributed by atoms with Crippen LogP contribution in [0.2, 0.25) is 0 Å². The van der Waals surface area contributed by atoms with Crippen molar-refractivity contribution in [2.45, 2.75) is 25.8 Å². The Hall–Kier alpha value is -1.62. The lowest BCUT2D eigenvalue weighted by molar-refractivity contribution is 0.247. The first-order chi connectivity index (χ1) is 8.17. The van der Waals surface area contributed by atoms with Gasteiger partial charge in [-0.2, -0.15) is 0 Å². The molecule has 0 saturated carbocycles. The summed E-state index contributed by atoms with van der Waals surface area (Å²) >= 11 is 0. The van der Waals surface area contributed by atoms with Gasteiger partial charge in [-0.25, -0.2) is 9.18 Å². The molecule has 0 aliphatic rings. The second-order valence-corrected chi connectivity index (χ2v) is 3.76. The van der Waals surface area contributed by atoms with Crippen LogP contribution in [0.25, 0.3) is 0 Å². The number of halogens is 1. The number of hydrogen-bond acceptors (Lipinski definition) is 2. The zero-order valence-corrected chi connectivity index (χ0v) is 9.87. The van der Waals surface area contributed by atoms with Gasteiger partial charge in [-0.05, 0) is 31.5 Å². The molecule has 0 aliphatic heterocycles. The van der Waals surface area contributed by atoms with E-state index in [-0.39, 0.29) is 11.7 Å². The van der Waals surface area contributed by atoms with Crippen LogP contribution in [0.1, 0.15) is 19.8 Å². The van der Waals surface area contributed by atoms with Crippen LogP contribution < -0.4 is 16.4 Å². The summed E-state index contributed by atoms with van der Waals surface area (Å²) in [5.41, 5.74) is 5.60. The van der Waals surface area contributed by atoms with Crippen molar-refractivity contribution in [3.8, 4) is 0 Å². The van der Waals surface area contributed by atoms with Crippen LogP contribution in [-0.2, 0) is 0 Å². The van der Waals surface area contributed by atoms with Gasteiger partial charge in [-0.3, -0.25) is 0 Å². The van der Waals surface area contributed by atoms with Gasteiger partial charge in [0.1, 0.15) is 5.82 Å². The maximum Gasteiger partial charge on any atom is 0.319 e. The molecule has 0 aliphatic carbocycles. The number of carbonyl (C=O) groups excluding carboxylic acids is 1. The van der Waals surface area contributed by atoms with Gasteiger partial charge >= 0.3 is 6.03 Å². The van der Waals surface area contributed by atoms with E-state index in [4.69, 9.17) is 5.73 Å². The van der Waals surface area contributed by atoms with Crippen LogP contribution in [-0.4, -0.2) is 18.6 Å². The fourth-order valence-electron chi connectivity index (χ4n) is 1.49. The predicted molar refractivity (Wildman–Crippen MR) is 66.3 cm³/mol. The summed E-state index contributed by atoms with van der Waals surface area (Å²) < 4.78 is 13.3. The third-order valence-corrected chi connectivity index (χ3v) is 2.47. The molecular formula is C12H18FN3O. The summed E-state index contributed by atoms with van der Waals surface area (Å²) in [6, 6.07) is 5.66. The number of benzene rings is 1. The maximum absolute atomic E-state index is 13.3. The fraction of sp³-hybridized carbons (Fsp3) is 0.417. The normalized spacial score (nSPS) is 11.9. The number of nitrogens with two attached hydrogens (primary N) is 1. The van der Waals surface area contributed by atoms with Crippen LogP contribution in [0.4, 0.5) is 14.9 Å². The summed E-state index contributed by atoms with van der Waals surface area (Å²) in [7, 11) is 0. The van der Waals surface area contributed by atoms with Gasteiger partial charge in [0.15, 0.2) is 0 Å². The number of hydrogen-bond donors (Lipinski definition) is 3. The Bertz CT molecular complexity index is 371. The minimum absolute atomic E-state index is 0.0202. The Morgan fingerprint density at radius 3 is 2.76 bits per heavy atom. The number of amides is 2. The molecule has 0 heterocycles. The van der Waals surface area contributed by atoms with E-state index in [1.165, 1.54) is 12.1 Å². The highest BCUT2D eigenvalue weighted by atomic mass is 19.1. The second kappa shape index (κ2) is 6.85. The molecule has 1 aromatic rings. The average Bonchev–Trinajstić information content (AvgIpc) is 2.31. The van der Waals surface area contributed by atoms with Crippen LogP contribution in [0.3, 0.4) is 0 Å². The van der Waals surface area contributed by atoms with Crippen LogP contribution in [0.15, 0.2) is 24.3 Å². The minimum atomic E-state index is -0.450. The smallest absolute Gasteiger partial charge is 0.319 e. The molecule has 0 saturated heterocycles. The summed E-state index contributed by atoms with van der Waals surface area (Å²) in [6.07, 6.45) is 1.50. The van der Waals surface area contributed by atoms with E-state index in [1.807, 2.05) is 6.92 Å². The molecule has 94 valence electrons. The monoisotopic (exact) mass is 239 g/mol. The molecule has 0 aromatic heterocycles. The van der Waals surface area contributed by atoms with Gasteiger partial charge in [0.25, 0.3) is 0 Å². The number of nitrogens with one attached hydrogen (secondary N) is 2. The van der Waals surface area contributed by atoms with E-state index in [0.717, 1.165) is 6.42 Å². The maximum atomic E-state index is 13.3. The number of urea groups is 1. The van der Waals surface area contributed by atoms with Crippen molar-refractivity contribution in [3.05, 3.63) is 30.1 Å². The van der Waals surface area contributed by atoms with E-state index in [0.29, 0.717) is 13.0 Å². The summed E-state index contributed by atoms with van der Waals surface area (Å²) in [5.74, 6) is -0.450. The summed E-state index contributed by atoms with van der Waals surface area (Å²) in [5, 5.41) is 5.21. The van der Waals surface area contributed by atoms with Crippen molar-refractivity contribution in [3.63, 3.8) is 0 Å². The van der Waals surface area contributed by atoms with E-state index in [1.54, 1.807) is 12.1 Å². The number of para-hydroxylation sites is 1. The highest BCUT2D eigenvalue weighted by molar-refractivity contribution is 5.89. The highest BCUT2D eigenvalue weighted by Crippen LogP contribution is 2.12. The second-order valence-electron chi connectivity index (χ2n) is 3.76. The third kappa shape index (κ3) is 4.40. The molecule has 2 amide bonds. The van der Waals surface area contributed by atoms with Gasteiger partial charge in [-0.15, -0.1) is 0 Å². The molecular weight excluding hydrogens is 221 g/mol. The molecule has 4 nitrogen and oxygen atoms in total. The molecule has 17 heavy (non-hydrogen) atoms. The first kappa shape index (κ1) is 13.4. The third-order valence-electron chi connectivity index (χ3n) is 2.47. The minimum Gasteiger partial charge on any atom is -0.335 e. The Morgan fingerprint density at radius 2 is 2.18 bits per heavy atom. The number of carbonyl (C=O) groups is 1. The highest BCUT2D eigenvalue weighted by Gasteiger charge is 2.10. The fourth-order valence-corrected chi connectivity index (χ4v) is 1.49. The van der Waals surface area contributed by atoms with E-state index < -0.39 is 11.8 Å². The molecule has 1 atom stereocenters. The standard InChI is InChI=1S/C12H18FN3O/c1-2-9(7-8-14)15-12(17)16-11-6-4-3-5-10(11)13/h3-6,9H,2,7-8,14H2,1H3,(H2,15,16,17). The van der Waals surface area contributed by atoms with Crippen molar-refractivity contribution in [2.24, 2.45) is 5.73 Å². The van der Waals surface area contributed by atoms with Crippen molar-refractivity contribution in [1.82, 2.24) is 5.32 Å². The molecule has 0 radical (unpaired) electrons. The average molecular weight is 239 g/mol. The zero-order chi connectivity index (χ0) is 12.7. The number of rotatable bonds is 5. The summed E-state index contributed by atoms with van der Waals surface area (Å²) in [4.78, 5) is 11.6. The molecule has 1 aromatic carbocycles. The van der Waals surface area contributed by atoms with Crippen molar-refractivity contribution in [2.75, 3.05) is 11.9 Å². The van der Waals surface area contributed by atoms with Gasteiger partial charge in [0.05, 0.1) is 5.69 Å². The molecule has 1 unspecified atom stereocenters. The van der Waals surface area contributed by atoms with Crippen LogP contribution in [0.5, 0.6) is 0 Å². The Balaban J connectivity index is 2.52. The van der Waals surface area contributed by atoms with Crippen molar-refractivity contribution in [1.29, 1.82) is 0 Å². The Morgan fingerprint density at radius 1 is 1.47 bits per heavy atom. The lowest BCUT2D eigenvalue weighted by atomic mass is 10.1. The molecule has 0 fully saturated rings. The molecule has 0 bridgehead atoms. The largest absolute Gasteiger partial charge is 0.335 e. The molecule has 5 heteroatoms. The lowest BCUT2D eigenvalue weighted by Crippen LogP contribution is -2.38. The van der Waals surface area contributed by atoms with E-state index in [9.17, 15) is 9.18 Å². The van der Waals surface area contributed by atoms with Gasteiger partial charge < -0.3 is 16.4 Å².